The second-order valence-corrected chi connectivity index (χ2v) is 12.7. The first-order valence-electron chi connectivity index (χ1n) is 13.5. The standard InChI is InChI=1S/C34H38N2O/c1-9-10-13-23-22(2)19-21-36-29-24(23)15-17-26(33(3,4)5)31(29)37-32-27(34(6,7)8)18-16-25(30(32)36)28-14-11-12-20-35(28)36/h9-18,20H,2,19,21H2,1,3-8H3/q+2/b10-9-,23-13+. The van der Waals surface area contributed by atoms with Gasteiger partial charge in [-0.3, -0.25) is 0 Å². The van der Waals surface area contributed by atoms with Gasteiger partial charge in [0.25, 0.3) is 11.4 Å². The molecule has 0 fully saturated rings. The van der Waals surface area contributed by atoms with Crippen molar-refractivity contribution >= 4 is 16.9 Å². The third-order valence-electron chi connectivity index (χ3n) is 8.17. The van der Waals surface area contributed by atoms with Gasteiger partial charge in [-0.05, 0) is 56.4 Å². The van der Waals surface area contributed by atoms with E-state index in [9.17, 15) is 0 Å². The van der Waals surface area contributed by atoms with Crippen LogP contribution < -0.4 is 14.0 Å². The zero-order valence-corrected chi connectivity index (χ0v) is 23.3. The molecule has 2 aromatic carbocycles. The van der Waals surface area contributed by atoms with Crippen molar-refractivity contribution in [3.8, 4) is 22.8 Å². The van der Waals surface area contributed by atoms with Crippen LogP contribution in [0.4, 0.5) is 11.4 Å². The summed E-state index contributed by atoms with van der Waals surface area (Å²) < 4.78 is 10.3. The van der Waals surface area contributed by atoms with Crippen LogP contribution in [-0.4, -0.2) is 6.54 Å². The van der Waals surface area contributed by atoms with Gasteiger partial charge in [-0.15, -0.1) is 0 Å². The van der Waals surface area contributed by atoms with Crippen LogP contribution in [0, 0.1) is 0 Å². The summed E-state index contributed by atoms with van der Waals surface area (Å²) in [4.78, 5) is 0. The Morgan fingerprint density at radius 2 is 1.49 bits per heavy atom. The molecule has 0 saturated carbocycles. The summed E-state index contributed by atoms with van der Waals surface area (Å²) in [7, 11) is 0. The fourth-order valence-electron chi connectivity index (χ4n) is 6.42. The highest BCUT2D eigenvalue weighted by molar-refractivity contribution is 5.96. The molecule has 1 aromatic heterocycles. The third kappa shape index (κ3) is 3.20. The highest BCUT2D eigenvalue weighted by Gasteiger charge is 2.62. The minimum absolute atomic E-state index is 0.0583. The normalized spacial score (nSPS) is 20.9. The van der Waals surface area contributed by atoms with Gasteiger partial charge < -0.3 is 4.74 Å². The van der Waals surface area contributed by atoms with Crippen molar-refractivity contribution in [2.45, 2.75) is 65.7 Å². The van der Waals surface area contributed by atoms with E-state index in [0.717, 1.165) is 24.5 Å². The first kappa shape index (κ1) is 23.9. The summed E-state index contributed by atoms with van der Waals surface area (Å²) in [5.41, 5.74) is 10.9. The Balaban J connectivity index is 1.84. The summed E-state index contributed by atoms with van der Waals surface area (Å²) in [6.45, 7) is 21.2. The molecule has 1 atom stereocenters. The number of aromatic nitrogens is 1. The number of rotatable bonds is 1. The molecule has 3 aliphatic rings. The molecule has 3 aliphatic heterocycles. The molecule has 0 N–H and O–H groups in total. The molecule has 0 bridgehead atoms. The minimum Gasteiger partial charge on any atom is -0.444 e. The van der Waals surface area contributed by atoms with Crippen LogP contribution in [0.15, 0.2) is 79.0 Å². The topological polar surface area (TPSA) is 13.1 Å². The van der Waals surface area contributed by atoms with Gasteiger partial charge in [0.2, 0.25) is 11.9 Å². The van der Waals surface area contributed by atoms with E-state index in [0.29, 0.717) is 4.59 Å². The number of quaternary nitrogens is 1. The Hall–Kier alpha value is -3.43. The minimum atomic E-state index is -0.0776. The summed E-state index contributed by atoms with van der Waals surface area (Å²) in [6, 6.07) is 15.8. The number of ether oxygens (including phenoxy) is 1. The van der Waals surface area contributed by atoms with Crippen molar-refractivity contribution in [3.63, 3.8) is 0 Å². The molecule has 1 spiro atoms. The van der Waals surface area contributed by atoms with Crippen LogP contribution in [0.1, 0.15) is 71.6 Å². The van der Waals surface area contributed by atoms with E-state index < -0.39 is 0 Å². The molecule has 0 aliphatic carbocycles. The van der Waals surface area contributed by atoms with E-state index in [1.165, 1.54) is 50.5 Å². The number of pyridine rings is 1. The SMILES string of the molecule is C=C1CC[N+]23c4c(ccc(C(C)(C)C)c4Oc4c(C(C)(C)C)ccc(c42)-c2cccc[n+]23)/C1=C/C=C\C. The lowest BCUT2D eigenvalue weighted by atomic mass is 9.82. The number of hydrogen-bond acceptors (Lipinski definition) is 1. The summed E-state index contributed by atoms with van der Waals surface area (Å²) in [5.74, 6) is 2.03. The second kappa shape index (κ2) is 7.79. The Morgan fingerprint density at radius 1 is 0.865 bits per heavy atom. The van der Waals surface area contributed by atoms with E-state index in [1.807, 2.05) is 0 Å². The molecule has 37 heavy (non-hydrogen) atoms. The molecule has 0 saturated heterocycles. The predicted octanol–water partition coefficient (Wildman–Crippen LogP) is 8.68. The van der Waals surface area contributed by atoms with Crippen molar-refractivity contribution < 1.29 is 9.41 Å². The van der Waals surface area contributed by atoms with Gasteiger partial charge >= 0.3 is 0 Å². The van der Waals surface area contributed by atoms with E-state index in [4.69, 9.17) is 4.74 Å². The van der Waals surface area contributed by atoms with E-state index >= 15 is 0 Å². The molecule has 0 amide bonds. The van der Waals surface area contributed by atoms with Gasteiger partial charge in [-0.25, -0.2) is 0 Å². The van der Waals surface area contributed by atoms with Crippen LogP contribution in [0.25, 0.3) is 16.8 Å². The zero-order chi connectivity index (χ0) is 26.3. The van der Waals surface area contributed by atoms with Crippen LogP contribution in [0.2, 0.25) is 0 Å². The van der Waals surface area contributed by atoms with Crippen LogP contribution in [0.5, 0.6) is 11.5 Å². The number of fused-ring (bicyclic) bond motifs is 2. The van der Waals surface area contributed by atoms with Crippen LogP contribution in [-0.2, 0) is 10.8 Å². The summed E-state index contributed by atoms with van der Waals surface area (Å²) >= 11 is 0. The predicted molar refractivity (Wildman–Crippen MR) is 154 cm³/mol. The van der Waals surface area contributed by atoms with Gasteiger partial charge in [-0.2, -0.15) is 0 Å². The maximum atomic E-state index is 7.20. The monoisotopic (exact) mass is 490 g/mol. The third-order valence-corrected chi connectivity index (χ3v) is 8.17. The molecular weight excluding hydrogens is 452 g/mol. The van der Waals surface area contributed by atoms with Gasteiger partial charge in [0, 0.05) is 29.7 Å². The Labute approximate surface area is 221 Å². The Morgan fingerprint density at radius 3 is 2.11 bits per heavy atom. The van der Waals surface area contributed by atoms with Gasteiger partial charge in [0.15, 0.2) is 11.5 Å². The largest absolute Gasteiger partial charge is 0.444 e. The maximum Gasteiger partial charge on any atom is 0.279 e. The van der Waals surface area contributed by atoms with Crippen molar-refractivity contribution in [3.05, 3.63) is 95.7 Å². The Kier molecular flexibility index (Phi) is 5.04. The highest BCUT2D eigenvalue weighted by atomic mass is 16.5. The lowest BCUT2D eigenvalue weighted by Crippen LogP contribution is -2.67. The van der Waals surface area contributed by atoms with Gasteiger partial charge in [0.1, 0.15) is 12.1 Å². The Bertz CT molecular complexity index is 1540. The number of benzene rings is 2. The average molecular weight is 491 g/mol. The van der Waals surface area contributed by atoms with E-state index in [1.54, 1.807) is 0 Å². The summed E-state index contributed by atoms with van der Waals surface area (Å²) in [6.07, 6.45) is 9.59. The average Bonchev–Trinajstić information content (AvgIpc) is 3.06. The van der Waals surface area contributed by atoms with Crippen molar-refractivity contribution in [2.75, 3.05) is 6.54 Å². The van der Waals surface area contributed by atoms with Crippen molar-refractivity contribution in [1.29, 1.82) is 0 Å². The molecule has 3 heteroatoms. The molecule has 4 heterocycles. The fourth-order valence-corrected chi connectivity index (χ4v) is 6.42. The number of hydrogen-bond donors (Lipinski definition) is 0. The number of allylic oxidation sites excluding steroid dienone is 4. The smallest absolute Gasteiger partial charge is 0.279 e. The molecular formula is C34H38N2O+2. The van der Waals surface area contributed by atoms with Crippen LogP contribution in [0.3, 0.4) is 0 Å². The first-order valence-corrected chi connectivity index (χ1v) is 13.5. The summed E-state index contributed by atoms with van der Waals surface area (Å²) in [5, 5.41) is 0. The molecule has 3 aromatic rings. The molecule has 1 unspecified atom stereocenters. The maximum absolute atomic E-state index is 7.20. The van der Waals surface area contributed by atoms with E-state index in [-0.39, 0.29) is 10.8 Å². The van der Waals surface area contributed by atoms with Gasteiger partial charge in [0.05, 0.1) is 5.56 Å². The molecule has 0 radical (unpaired) electrons. The quantitative estimate of drug-likeness (QED) is 0.246. The van der Waals surface area contributed by atoms with Crippen molar-refractivity contribution in [1.82, 2.24) is 4.59 Å². The molecule has 6 rings (SSSR count). The highest BCUT2D eigenvalue weighted by Crippen LogP contribution is 2.63. The lowest BCUT2D eigenvalue weighted by Gasteiger charge is -2.37. The zero-order valence-electron chi connectivity index (χ0n) is 23.3. The first-order chi connectivity index (χ1) is 17.5. The molecule has 3 nitrogen and oxygen atoms in total. The fraction of sp³-hybridized carbons (Fsp3) is 0.324. The van der Waals surface area contributed by atoms with E-state index in [2.05, 4.69) is 127 Å². The number of nitrogens with zero attached hydrogens (tertiary/aromatic N) is 2. The van der Waals surface area contributed by atoms with Crippen molar-refractivity contribution in [2.24, 2.45) is 0 Å². The van der Waals surface area contributed by atoms with Gasteiger partial charge in [-0.1, -0.05) is 78.5 Å². The second-order valence-electron chi connectivity index (χ2n) is 12.7. The van der Waals surface area contributed by atoms with Crippen LogP contribution >= 0.6 is 0 Å². The lowest BCUT2D eigenvalue weighted by molar-refractivity contribution is -0.780. The molecule has 188 valence electrons.